The lowest BCUT2D eigenvalue weighted by molar-refractivity contribution is -0.188. The molecule has 6 N–H and O–H groups in total. The maximum atomic E-state index is 14.3. The van der Waals surface area contributed by atoms with Crippen LogP contribution in [0.25, 0.3) is 5.76 Å². The quantitative estimate of drug-likeness (QED) is 0.179. The zero-order valence-corrected chi connectivity index (χ0v) is 25.0. The van der Waals surface area contributed by atoms with E-state index in [4.69, 9.17) is 10.5 Å². The highest BCUT2D eigenvalue weighted by Crippen LogP contribution is 2.57. The minimum absolute atomic E-state index is 0.0157. The van der Waals surface area contributed by atoms with Crippen LogP contribution in [0.15, 0.2) is 29.0 Å². The number of nitrogens with zero attached hydrogens (tertiary/aromatic N) is 1. The van der Waals surface area contributed by atoms with Crippen molar-refractivity contribution < 1.29 is 44.3 Å². The number of halogens is 1. The molecular weight excluding hydrogens is 647 g/mol. The lowest BCUT2D eigenvalue weighted by atomic mass is 9.54. The first-order chi connectivity index (χ1) is 19.2. The fraction of sp³-hybridized carbons (Fsp3) is 0.517. The monoisotopic (exact) mass is 680 g/mol. The van der Waals surface area contributed by atoms with Gasteiger partial charge in [0.05, 0.1) is 23.4 Å². The lowest BCUT2D eigenvalue weighted by Gasteiger charge is -2.54. The number of primary amides is 1. The number of benzene rings is 1. The number of esters is 1. The van der Waals surface area contributed by atoms with Gasteiger partial charge in [-0.25, -0.2) is 0 Å². The molecule has 0 aliphatic heterocycles. The standard InChI is InChI=1S/C29H33IN2O9/c1-11-15-13(30)9-10-14(33)17(15)22(34)18-16(11)24(41-28(39)12-7-5-4-6-8-12)20-21(32(2)3)23(35)19(27(31)38)26(37)29(20,40)25(18)36/h9-12,16,20-21,24,33-34,37,40H,4-8H2,1-3H3,(H2,31,38)/t11?,16?,20?,21-,24?,29-/m0/s1. The van der Waals surface area contributed by atoms with E-state index >= 15 is 0 Å². The van der Waals surface area contributed by atoms with Crippen LogP contribution in [0.1, 0.15) is 56.1 Å². The van der Waals surface area contributed by atoms with Gasteiger partial charge >= 0.3 is 5.97 Å². The van der Waals surface area contributed by atoms with Crippen molar-refractivity contribution in [2.24, 2.45) is 23.5 Å². The van der Waals surface area contributed by atoms with Crippen LogP contribution in [0.5, 0.6) is 5.75 Å². The van der Waals surface area contributed by atoms with Gasteiger partial charge in [-0.3, -0.25) is 24.1 Å². The van der Waals surface area contributed by atoms with Gasteiger partial charge in [-0.2, -0.15) is 0 Å². The van der Waals surface area contributed by atoms with Crippen LogP contribution < -0.4 is 5.73 Å². The first-order valence-electron chi connectivity index (χ1n) is 13.6. The second-order valence-electron chi connectivity index (χ2n) is 11.7. The van der Waals surface area contributed by atoms with E-state index in [1.807, 2.05) is 22.6 Å². The number of aromatic hydroxyl groups is 1. The van der Waals surface area contributed by atoms with Crippen LogP contribution in [-0.4, -0.2) is 80.6 Å². The van der Waals surface area contributed by atoms with Crippen molar-refractivity contribution >= 4 is 51.8 Å². The summed E-state index contributed by atoms with van der Waals surface area (Å²) in [5.41, 5.74) is 1.67. The molecule has 5 rings (SSSR count). The van der Waals surface area contributed by atoms with Crippen LogP contribution in [0.3, 0.4) is 0 Å². The van der Waals surface area contributed by atoms with E-state index in [1.165, 1.54) is 25.1 Å². The molecule has 4 aliphatic carbocycles. The third-order valence-electron chi connectivity index (χ3n) is 9.22. The number of carbonyl (C=O) groups excluding carboxylic acids is 4. The molecule has 220 valence electrons. The van der Waals surface area contributed by atoms with Gasteiger partial charge < -0.3 is 30.9 Å². The number of nitrogens with two attached hydrogens (primary N) is 1. The molecular formula is C29H33IN2O9. The largest absolute Gasteiger partial charge is 0.508 e. The summed E-state index contributed by atoms with van der Waals surface area (Å²) >= 11 is 2.04. The number of carbonyl (C=O) groups is 4. The van der Waals surface area contributed by atoms with Gasteiger partial charge in [0.15, 0.2) is 11.4 Å². The Balaban J connectivity index is 1.81. The summed E-state index contributed by atoms with van der Waals surface area (Å²) in [4.78, 5) is 55.3. The van der Waals surface area contributed by atoms with E-state index in [0.29, 0.717) is 22.0 Å². The number of hydrogen-bond acceptors (Lipinski definition) is 10. The molecule has 4 aliphatic rings. The maximum Gasteiger partial charge on any atom is 0.309 e. The first kappa shape index (κ1) is 29.5. The number of ether oxygens (including phenoxy) is 1. The highest BCUT2D eigenvalue weighted by Gasteiger charge is 2.69. The van der Waals surface area contributed by atoms with Crippen LogP contribution in [0, 0.1) is 21.3 Å². The summed E-state index contributed by atoms with van der Waals surface area (Å²) < 4.78 is 6.84. The Labute approximate surface area is 250 Å². The minimum atomic E-state index is -2.95. The molecule has 6 atom stereocenters. The van der Waals surface area contributed by atoms with Gasteiger partial charge in [0, 0.05) is 15.1 Å². The number of phenols is 1. The molecule has 1 aromatic carbocycles. The molecule has 2 fully saturated rings. The number of phenolic OH excluding ortho intramolecular Hbond substituents is 1. The average molecular weight is 680 g/mol. The Morgan fingerprint density at radius 2 is 1.73 bits per heavy atom. The zero-order valence-electron chi connectivity index (χ0n) is 22.9. The SMILES string of the molecule is CC1c2c(I)ccc(O)c2C(O)=C2C(=O)[C@]3(O)C(O)=C(C(N)=O)C(=O)[C@@H](N(C)C)C3C(OC(=O)C3CCCCC3)C21. The number of ketones is 2. The van der Waals surface area contributed by atoms with Gasteiger partial charge in [-0.1, -0.05) is 26.2 Å². The Kier molecular flexibility index (Phi) is 7.48. The smallest absolute Gasteiger partial charge is 0.309 e. The Hall–Kier alpha value is -2.97. The van der Waals surface area contributed by atoms with Gasteiger partial charge in [-0.15, -0.1) is 0 Å². The Morgan fingerprint density at radius 1 is 1.10 bits per heavy atom. The highest BCUT2D eigenvalue weighted by atomic mass is 127. The predicted octanol–water partition coefficient (Wildman–Crippen LogP) is 2.23. The number of hydrogen-bond donors (Lipinski definition) is 5. The number of aliphatic hydroxyl groups excluding tert-OH is 2. The number of aliphatic hydroxyl groups is 3. The van der Waals surface area contributed by atoms with E-state index in [-0.39, 0.29) is 16.9 Å². The van der Waals surface area contributed by atoms with Crippen LogP contribution >= 0.6 is 22.6 Å². The summed E-state index contributed by atoms with van der Waals surface area (Å²) in [5, 5.41) is 45.6. The topological polar surface area (TPSA) is 188 Å². The van der Waals surface area contributed by atoms with Crippen molar-refractivity contribution in [1.82, 2.24) is 4.90 Å². The van der Waals surface area contributed by atoms with Gasteiger partial charge in [0.25, 0.3) is 5.91 Å². The van der Waals surface area contributed by atoms with Gasteiger partial charge in [0.1, 0.15) is 28.9 Å². The third-order valence-corrected chi connectivity index (χ3v) is 10.2. The molecule has 0 aromatic heterocycles. The molecule has 0 bridgehead atoms. The van der Waals surface area contributed by atoms with E-state index in [1.54, 1.807) is 13.0 Å². The molecule has 0 heterocycles. The molecule has 2 saturated carbocycles. The zero-order chi connectivity index (χ0) is 30.1. The van der Waals surface area contributed by atoms with E-state index in [2.05, 4.69) is 0 Å². The predicted molar refractivity (Wildman–Crippen MR) is 154 cm³/mol. The molecule has 11 nitrogen and oxygen atoms in total. The molecule has 0 radical (unpaired) electrons. The highest BCUT2D eigenvalue weighted by molar-refractivity contribution is 14.1. The normalized spacial score (nSPS) is 32.0. The maximum absolute atomic E-state index is 14.3. The van der Waals surface area contributed by atoms with Crippen molar-refractivity contribution in [3.8, 4) is 5.75 Å². The van der Waals surface area contributed by atoms with E-state index in [9.17, 15) is 39.6 Å². The summed E-state index contributed by atoms with van der Waals surface area (Å²) in [5.74, 6) is -9.87. The molecule has 4 unspecified atom stereocenters. The van der Waals surface area contributed by atoms with Gasteiger partial charge in [-0.05, 0) is 73.1 Å². The van der Waals surface area contributed by atoms with Crippen molar-refractivity contribution in [1.29, 1.82) is 0 Å². The fourth-order valence-electron chi connectivity index (χ4n) is 7.33. The molecule has 0 spiro atoms. The minimum Gasteiger partial charge on any atom is -0.508 e. The van der Waals surface area contributed by atoms with Gasteiger partial charge in [0.2, 0.25) is 5.78 Å². The number of fused-ring (bicyclic) bond motifs is 3. The number of rotatable bonds is 4. The van der Waals surface area contributed by atoms with Crippen LogP contribution in [0.4, 0.5) is 0 Å². The fourth-order valence-corrected chi connectivity index (χ4v) is 8.27. The van der Waals surface area contributed by atoms with Crippen molar-refractivity contribution in [2.75, 3.05) is 14.1 Å². The molecule has 0 saturated heterocycles. The lowest BCUT2D eigenvalue weighted by Crippen LogP contribution is -2.71. The Bertz CT molecular complexity index is 1430. The number of Topliss-reactive ketones (excluding diaryl/α,β-unsaturated/α-hetero) is 2. The Morgan fingerprint density at radius 3 is 2.32 bits per heavy atom. The molecule has 41 heavy (non-hydrogen) atoms. The molecule has 1 aromatic rings. The van der Waals surface area contributed by atoms with Crippen molar-refractivity contribution in [3.63, 3.8) is 0 Å². The third kappa shape index (κ3) is 4.20. The molecule has 12 heteroatoms. The van der Waals surface area contributed by atoms with E-state index in [0.717, 1.165) is 19.3 Å². The first-order valence-corrected chi connectivity index (χ1v) is 14.7. The second-order valence-corrected chi connectivity index (χ2v) is 12.8. The van der Waals surface area contributed by atoms with Crippen LogP contribution in [0.2, 0.25) is 0 Å². The summed E-state index contributed by atoms with van der Waals surface area (Å²) in [6, 6.07) is 1.61. The van der Waals surface area contributed by atoms with Crippen molar-refractivity contribution in [3.05, 3.63) is 43.7 Å². The molecule has 1 amide bonds. The summed E-state index contributed by atoms with van der Waals surface area (Å²) in [7, 11) is 3.00. The summed E-state index contributed by atoms with van der Waals surface area (Å²) in [6.45, 7) is 1.75. The van der Waals surface area contributed by atoms with Crippen LogP contribution in [-0.2, 0) is 23.9 Å². The second kappa shape index (κ2) is 10.4. The number of likely N-dealkylation sites (N-methyl/N-ethyl adjacent to an activating group) is 1. The number of amides is 1. The summed E-state index contributed by atoms with van der Waals surface area (Å²) in [6.07, 6.45) is 2.44. The van der Waals surface area contributed by atoms with Crippen molar-refractivity contribution in [2.45, 2.75) is 62.7 Å². The average Bonchev–Trinajstić information content (AvgIpc) is 2.91. The van der Waals surface area contributed by atoms with E-state index < -0.39 is 82.0 Å².